The first-order valence-electron chi connectivity index (χ1n) is 5.32. The molecule has 1 rings (SSSR count). The van der Waals surface area contributed by atoms with Gasteiger partial charge in [-0.3, -0.25) is 4.79 Å². The third-order valence-corrected chi connectivity index (χ3v) is 2.19. The van der Waals surface area contributed by atoms with E-state index in [4.69, 9.17) is 14.6 Å². The van der Waals surface area contributed by atoms with Crippen LogP contribution in [-0.4, -0.2) is 36.8 Å². The zero-order valence-electron chi connectivity index (χ0n) is 10.2. The molecule has 0 aliphatic heterocycles. The maximum Gasteiger partial charge on any atom is 0.332 e. The molecule has 0 fully saturated rings. The van der Waals surface area contributed by atoms with Crippen LogP contribution < -0.4 is 10.1 Å². The number of aliphatic carboxylic acids is 1. The summed E-state index contributed by atoms with van der Waals surface area (Å²) >= 11 is 0. The Labute approximate surface area is 105 Å². The van der Waals surface area contributed by atoms with Gasteiger partial charge in [-0.15, -0.1) is 0 Å². The molecule has 6 heteroatoms. The van der Waals surface area contributed by atoms with E-state index < -0.39 is 18.0 Å². The number of nitrogens with one attached hydrogen (secondary N) is 1. The molecule has 1 amide bonds. The number of para-hydroxylation sites is 2. The van der Waals surface area contributed by atoms with E-state index in [0.29, 0.717) is 11.4 Å². The van der Waals surface area contributed by atoms with Crippen LogP contribution in [0, 0.1) is 0 Å². The van der Waals surface area contributed by atoms with Crippen LogP contribution in [0.25, 0.3) is 0 Å². The molecule has 0 bridgehead atoms. The Morgan fingerprint density at radius 2 is 2.06 bits per heavy atom. The van der Waals surface area contributed by atoms with Gasteiger partial charge in [0.2, 0.25) is 0 Å². The highest BCUT2D eigenvalue weighted by Gasteiger charge is 2.14. The van der Waals surface area contributed by atoms with Crippen molar-refractivity contribution in [2.24, 2.45) is 0 Å². The van der Waals surface area contributed by atoms with Gasteiger partial charge in [-0.2, -0.15) is 0 Å². The van der Waals surface area contributed by atoms with Crippen molar-refractivity contribution in [3.8, 4) is 5.75 Å². The second kappa shape index (κ2) is 6.61. The molecule has 0 saturated heterocycles. The summed E-state index contributed by atoms with van der Waals surface area (Å²) in [4.78, 5) is 22.0. The van der Waals surface area contributed by atoms with E-state index in [1.807, 2.05) is 0 Å². The van der Waals surface area contributed by atoms with Crippen LogP contribution in [-0.2, 0) is 14.3 Å². The van der Waals surface area contributed by atoms with Crippen LogP contribution in [0.2, 0.25) is 0 Å². The van der Waals surface area contributed by atoms with Crippen molar-refractivity contribution in [1.82, 2.24) is 0 Å². The zero-order valence-corrected chi connectivity index (χ0v) is 10.2. The predicted octanol–water partition coefficient (Wildman–Crippen LogP) is 1.12. The quantitative estimate of drug-likeness (QED) is 0.793. The molecule has 6 nitrogen and oxygen atoms in total. The monoisotopic (exact) mass is 253 g/mol. The lowest BCUT2D eigenvalue weighted by Crippen LogP contribution is -2.26. The summed E-state index contributed by atoms with van der Waals surface area (Å²) in [5, 5.41) is 11.2. The first-order chi connectivity index (χ1) is 8.54. The van der Waals surface area contributed by atoms with Crippen molar-refractivity contribution >= 4 is 17.6 Å². The van der Waals surface area contributed by atoms with Gasteiger partial charge in [-0.1, -0.05) is 12.1 Å². The minimum atomic E-state index is -1.11. The molecule has 98 valence electrons. The Morgan fingerprint density at radius 1 is 1.39 bits per heavy atom. The average molecular weight is 253 g/mol. The molecule has 2 N–H and O–H groups in total. The molecule has 0 saturated carbocycles. The topological polar surface area (TPSA) is 84.9 Å². The van der Waals surface area contributed by atoms with Crippen molar-refractivity contribution in [3.63, 3.8) is 0 Å². The molecule has 0 aromatic heterocycles. The number of carbonyl (C=O) groups excluding carboxylic acids is 1. The molecule has 0 spiro atoms. The fourth-order valence-electron chi connectivity index (χ4n) is 1.21. The maximum atomic E-state index is 11.5. The predicted molar refractivity (Wildman–Crippen MR) is 64.7 cm³/mol. The number of carboxylic acids is 1. The van der Waals surface area contributed by atoms with Gasteiger partial charge in [-0.05, 0) is 19.1 Å². The van der Waals surface area contributed by atoms with Crippen LogP contribution in [0.5, 0.6) is 5.75 Å². The molecule has 0 unspecified atom stereocenters. The molecule has 0 heterocycles. The van der Waals surface area contributed by atoms with Crippen LogP contribution in [0.15, 0.2) is 24.3 Å². The number of ether oxygens (including phenoxy) is 2. The number of carboxylic acid groups (broad SMARTS) is 1. The zero-order chi connectivity index (χ0) is 13.5. The Bertz CT molecular complexity index is 432. The number of rotatable bonds is 6. The molecular formula is C12H15NO5. The molecule has 18 heavy (non-hydrogen) atoms. The normalized spacial score (nSPS) is 11.7. The molecule has 0 aliphatic carbocycles. The minimum Gasteiger partial charge on any atom is -0.495 e. The molecular weight excluding hydrogens is 238 g/mol. The summed E-state index contributed by atoms with van der Waals surface area (Å²) < 4.78 is 9.92. The molecule has 0 radical (unpaired) electrons. The van der Waals surface area contributed by atoms with Gasteiger partial charge in [-0.25, -0.2) is 4.79 Å². The number of methoxy groups -OCH3 is 1. The highest BCUT2D eigenvalue weighted by atomic mass is 16.5. The summed E-state index contributed by atoms with van der Waals surface area (Å²) in [7, 11) is 1.49. The van der Waals surface area contributed by atoms with Gasteiger partial charge in [0, 0.05) is 0 Å². The molecule has 0 aliphatic rings. The van der Waals surface area contributed by atoms with Gasteiger partial charge in [0.25, 0.3) is 5.91 Å². The Balaban J connectivity index is 2.52. The Kier molecular flexibility index (Phi) is 5.13. The third kappa shape index (κ3) is 4.06. The maximum absolute atomic E-state index is 11.5. The Morgan fingerprint density at radius 3 is 2.67 bits per heavy atom. The SMILES string of the molecule is COc1ccccc1NC(=O)CO[C@@H](C)C(=O)O. The van der Waals surface area contributed by atoms with Gasteiger partial charge in [0.1, 0.15) is 12.4 Å². The van der Waals surface area contributed by atoms with E-state index in [9.17, 15) is 9.59 Å². The van der Waals surface area contributed by atoms with Crippen molar-refractivity contribution in [2.45, 2.75) is 13.0 Å². The number of carbonyl (C=O) groups is 2. The van der Waals surface area contributed by atoms with Crippen molar-refractivity contribution in [2.75, 3.05) is 19.0 Å². The summed E-state index contributed by atoms with van der Waals surface area (Å²) in [5.74, 6) is -1.02. The first kappa shape index (κ1) is 14.0. The van der Waals surface area contributed by atoms with E-state index >= 15 is 0 Å². The summed E-state index contributed by atoms with van der Waals surface area (Å²) in [6, 6.07) is 6.91. The standard InChI is InChI=1S/C12H15NO5/c1-8(12(15)16)18-7-11(14)13-9-5-3-4-6-10(9)17-2/h3-6,8H,7H2,1-2H3,(H,13,14)(H,15,16)/t8-/m0/s1. The van der Waals surface area contributed by atoms with Gasteiger partial charge >= 0.3 is 5.97 Å². The van der Waals surface area contributed by atoms with E-state index in [1.54, 1.807) is 24.3 Å². The van der Waals surface area contributed by atoms with Crippen LogP contribution in [0.3, 0.4) is 0 Å². The van der Waals surface area contributed by atoms with Crippen LogP contribution >= 0.6 is 0 Å². The van der Waals surface area contributed by atoms with Crippen molar-refractivity contribution in [3.05, 3.63) is 24.3 Å². The van der Waals surface area contributed by atoms with Gasteiger partial charge in [0.15, 0.2) is 6.10 Å². The lowest BCUT2D eigenvalue weighted by molar-refractivity contribution is -0.150. The third-order valence-electron chi connectivity index (χ3n) is 2.19. The lowest BCUT2D eigenvalue weighted by Gasteiger charge is -2.11. The molecule has 1 atom stereocenters. The molecule has 1 aromatic carbocycles. The molecule has 1 aromatic rings. The second-order valence-electron chi connectivity index (χ2n) is 3.54. The van der Waals surface area contributed by atoms with E-state index in [2.05, 4.69) is 5.32 Å². The fourth-order valence-corrected chi connectivity index (χ4v) is 1.21. The van der Waals surface area contributed by atoms with E-state index in [1.165, 1.54) is 14.0 Å². The fraction of sp³-hybridized carbons (Fsp3) is 0.333. The number of hydrogen-bond acceptors (Lipinski definition) is 4. The van der Waals surface area contributed by atoms with Crippen LogP contribution in [0.1, 0.15) is 6.92 Å². The highest BCUT2D eigenvalue weighted by Crippen LogP contribution is 2.22. The number of benzene rings is 1. The number of anilines is 1. The smallest absolute Gasteiger partial charge is 0.332 e. The second-order valence-corrected chi connectivity index (χ2v) is 3.54. The van der Waals surface area contributed by atoms with Crippen LogP contribution in [0.4, 0.5) is 5.69 Å². The van der Waals surface area contributed by atoms with Gasteiger partial charge in [0.05, 0.1) is 12.8 Å². The largest absolute Gasteiger partial charge is 0.495 e. The Hall–Kier alpha value is -2.08. The van der Waals surface area contributed by atoms with Crippen molar-refractivity contribution in [1.29, 1.82) is 0 Å². The number of hydrogen-bond donors (Lipinski definition) is 2. The van der Waals surface area contributed by atoms with Gasteiger partial charge < -0.3 is 19.9 Å². The summed E-state index contributed by atoms with van der Waals surface area (Å²) in [6.45, 7) is 1.03. The summed E-state index contributed by atoms with van der Waals surface area (Å²) in [5.41, 5.74) is 0.511. The minimum absolute atomic E-state index is 0.328. The highest BCUT2D eigenvalue weighted by molar-refractivity contribution is 5.93. The van der Waals surface area contributed by atoms with Crippen molar-refractivity contribution < 1.29 is 24.2 Å². The lowest BCUT2D eigenvalue weighted by atomic mass is 10.3. The first-order valence-corrected chi connectivity index (χ1v) is 5.32. The van der Waals surface area contributed by atoms with E-state index in [-0.39, 0.29) is 6.61 Å². The number of amides is 1. The summed E-state index contributed by atoms with van der Waals surface area (Å²) in [6.07, 6.45) is -1.02. The average Bonchev–Trinajstić information content (AvgIpc) is 2.36. The van der Waals surface area contributed by atoms with E-state index in [0.717, 1.165) is 0 Å².